The summed E-state index contributed by atoms with van der Waals surface area (Å²) in [7, 11) is 0. The van der Waals surface area contributed by atoms with E-state index in [1.54, 1.807) is 17.8 Å². The summed E-state index contributed by atoms with van der Waals surface area (Å²) in [4.78, 5) is 0.963. The van der Waals surface area contributed by atoms with Gasteiger partial charge in [-0.2, -0.15) is 0 Å². The molecule has 0 saturated heterocycles. The highest BCUT2D eigenvalue weighted by atomic mass is 35.5. The Balaban J connectivity index is 2.36. The molecule has 0 heterocycles. The van der Waals surface area contributed by atoms with Crippen molar-refractivity contribution in [2.75, 3.05) is 0 Å². The van der Waals surface area contributed by atoms with Gasteiger partial charge in [0.15, 0.2) is 0 Å². The molecule has 2 aromatic carbocycles. The van der Waals surface area contributed by atoms with Crippen LogP contribution in [0.25, 0.3) is 0 Å². The van der Waals surface area contributed by atoms with E-state index in [1.807, 2.05) is 31.2 Å². The quantitative estimate of drug-likeness (QED) is 0.753. The molecule has 2 N–H and O–H groups in total. The molecule has 0 fully saturated rings. The van der Waals surface area contributed by atoms with Crippen LogP contribution in [0, 0.1) is 6.92 Å². The van der Waals surface area contributed by atoms with Crippen LogP contribution in [0.15, 0.2) is 47.4 Å². The van der Waals surface area contributed by atoms with Gasteiger partial charge in [0.2, 0.25) is 0 Å². The maximum atomic E-state index is 6.25. The fraction of sp³-hybridized carbons (Fsp3) is 0.250. The second-order valence-electron chi connectivity index (χ2n) is 4.83. The lowest BCUT2D eigenvalue weighted by Crippen LogP contribution is -2.23. The first-order valence-corrected chi connectivity index (χ1v) is 8.05. The van der Waals surface area contributed by atoms with Gasteiger partial charge in [0.25, 0.3) is 0 Å². The number of aryl methyl sites for hydroxylation is 1. The van der Waals surface area contributed by atoms with E-state index in [1.165, 1.54) is 11.1 Å². The molecular formula is C16H17Cl2NS. The van der Waals surface area contributed by atoms with E-state index in [2.05, 4.69) is 19.1 Å². The van der Waals surface area contributed by atoms with E-state index in [0.717, 1.165) is 4.90 Å². The number of halogens is 2. The molecule has 4 heteroatoms. The summed E-state index contributed by atoms with van der Waals surface area (Å²) in [5.41, 5.74) is 8.65. The summed E-state index contributed by atoms with van der Waals surface area (Å²) in [5, 5.41) is 1.54. The van der Waals surface area contributed by atoms with Crippen molar-refractivity contribution in [2.45, 2.75) is 30.0 Å². The number of hydrogen-bond donors (Lipinski definition) is 1. The number of hydrogen-bond acceptors (Lipinski definition) is 2. The average Bonchev–Trinajstić information content (AvgIpc) is 2.40. The summed E-state index contributed by atoms with van der Waals surface area (Å²) in [6, 6.07) is 13.8. The van der Waals surface area contributed by atoms with Crippen LogP contribution in [0.1, 0.15) is 23.3 Å². The molecule has 2 unspecified atom stereocenters. The molecule has 0 aliphatic rings. The van der Waals surface area contributed by atoms with Crippen molar-refractivity contribution in [1.29, 1.82) is 0 Å². The zero-order valence-electron chi connectivity index (χ0n) is 11.4. The standard InChI is InChI=1S/C16H17Cl2NS/c1-10-5-3-4-6-13(10)16(11(2)19)20-15-9-12(17)7-8-14(15)18/h3-9,11,16H,19H2,1-2H3. The lowest BCUT2D eigenvalue weighted by molar-refractivity contribution is 0.718. The molecule has 2 rings (SSSR count). The van der Waals surface area contributed by atoms with Crippen molar-refractivity contribution in [1.82, 2.24) is 0 Å². The van der Waals surface area contributed by atoms with E-state index in [-0.39, 0.29) is 11.3 Å². The van der Waals surface area contributed by atoms with E-state index in [9.17, 15) is 0 Å². The lowest BCUT2D eigenvalue weighted by atomic mass is 10.0. The molecule has 0 aliphatic carbocycles. The van der Waals surface area contributed by atoms with Crippen LogP contribution in [0.4, 0.5) is 0 Å². The third-order valence-electron chi connectivity index (χ3n) is 3.12. The third kappa shape index (κ3) is 3.70. The Bertz CT molecular complexity index is 599. The highest BCUT2D eigenvalue weighted by Gasteiger charge is 2.20. The van der Waals surface area contributed by atoms with Crippen LogP contribution in [0.3, 0.4) is 0 Å². The van der Waals surface area contributed by atoms with Crippen molar-refractivity contribution in [2.24, 2.45) is 5.73 Å². The van der Waals surface area contributed by atoms with Crippen molar-refractivity contribution < 1.29 is 0 Å². The predicted molar refractivity (Wildman–Crippen MR) is 89.9 cm³/mol. The monoisotopic (exact) mass is 325 g/mol. The Morgan fingerprint density at radius 2 is 1.80 bits per heavy atom. The molecule has 0 saturated carbocycles. The van der Waals surface area contributed by atoms with Crippen LogP contribution >= 0.6 is 35.0 Å². The van der Waals surface area contributed by atoms with Crippen LogP contribution in [-0.2, 0) is 0 Å². The van der Waals surface area contributed by atoms with E-state index >= 15 is 0 Å². The molecule has 106 valence electrons. The first-order chi connectivity index (χ1) is 9.49. The van der Waals surface area contributed by atoms with Crippen LogP contribution in [0.2, 0.25) is 10.0 Å². The summed E-state index contributed by atoms with van der Waals surface area (Å²) in [6.07, 6.45) is 0. The van der Waals surface area contributed by atoms with Crippen molar-refractivity contribution in [3.05, 3.63) is 63.6 Å². The van der Waals surface area contributed by atoms with Crippen LogP contribution in [0.5, 0.6) is 0 Å². The molecule has 0 radical (unpaired) electrons. The molecule has 1 nitrogen and oxygen atoms in total. The molecule has 0 aromatic heterocycles. The summed E-state index contributed by atoms with van der Waals surface area (Å²) in [6.45, 7) is 4.12. The van der Waals surface area contributed by atoms with Crippen molar-refractivity contribution in [3.63, 3.8) is 0 Å². The van der Waals surface area contributed by atoms with Crippen molar-refractivity contribution in [3.8, 4) is 0 Å². The highest BCUT2D eigenvalue weighted by molar-refractivity contribution is 7.99. The smallest absolute Gasteiger partial charge is 0.0543 e. The SMILES string of the molecule is Cc1ccccc1C(Sc1cc(Cl)ccc1Cl)C(C)N. The minimum absolute atomic E-state index is 0.0103. The van der Waals surface area contributed by atoms with Gasteiger partial charge in [0.1, 0.15) is 0 Å². The number of benzene rings is 2. The Morgan fingerprint density at radius 3 is 2.45 bits per heavy atom. The number of rotatable bonds is 4. The first-order valence-electron chi connectivity index (χ1n) is 6.42. The van der Waals surface area contributed by atoms with Gasteiger partial charge in [-0.25, -0.2) is 0 Å². The Hall–Kier alpha value is -0.670. The fourth-order valence-corrected chi connectivity index (χ4v) is 3.81. The zero-order chi connectivity index (χ0) is 14.7. The molecule has 2 aromatic rings. The lowest BCUT2D eigenvalue weighted by Gasteiger charge is -2.23. The summed E-state index contributed by atoms with van der Waals surface area (Å²) in [5.74, 6) is 0. The first kappa shape index (κ1) is 15.7. The topological polar surface area (TPSA) is 26.0 Å². The largest absolute Gasteiger partial charge is 0.327 e. The van der Waals surface area contributed by atoms with Gasteiger partial charge in [0.05, 0.1) is 5.02 Å². The highest BCUT2D eigenvalue weighted by Crippen LogP contribution is 2.42. The van der Waals surface area contributed by atoms with Gasteiger partial charge in [-0.15, -0.1) is 11.8 Å². The molecule has 0 spiro atoms. The molecule has 2 atom stereocenters. The zero-order valence-corrected chi connectivity index (χ0v) is 13.8. The van der Waals surface area contributed by atoms with Gasteiger partial charge in [-0.05, 0) is 43.2 Å². The Labute approximate surface area is 134 Å². The summed E-state index contributed by atoms with van der Waals surface area (Å²) >= 11 is 14.0. The Morgan fingerprint density at radius 1 is 1.10 bits per heavy atom. The van der Waals surface area contributed by atoms with Crippen molar-refractivity contribution >= 4 is 35.0 Å². The minimum atomic E-state index is 0.0103. The average molecular weight is 326 g/mol. The van der Waals surface area contributed by atoms with Gasteiger partial charge in [0, 0.05) is 21.2 Å². The maximum Gasteiger partial charge on any atom is 0.0543 e. The predicted octanol–water partition coefficient (Wildman–Crippen LogP) is 5.48. The van der Waals surface area contributed by atoms with Gasteiger partial charge >= 0.3 is 0 Å². The summed E-state index contributed by atoms with van der Waals surface area (Å²) < 4.78 is 0. The molecule has 0 bridgehead atoms. The Kier molecular flexibility index (Phi) is 5.39. The normalized spacial score (nSPS) is 14.1. The van der Waals surface area contributed by atoms with Gasteiger partial charge in [-0.3, -0.25) is 0 Å². The molecule has 0 amide bonds. The number of nitrogens with two attached hydrogens (primary N) is 1. The van der Waals surface area contributed by atoms with Crippen LogP contribution in [-0.4, -0.2) is 6.04 Å². The molecule has 20 heavy (non-hydrogen) atoms. The second kappa shape index (κ2) is 6.86. The second-order valence-corrected chi connectivity index (χ2v) is 6.86. The minimum Gasteiger partial charge on any atom is -0.327 e. The van der Waals surface area contributed by atoms with E-state index in [4.69, 9.17) is 28.9 Å². The maximum absolute atomic E-state index is 6.25. The van der Waals surface area contributed by atoms with E-state index in [0.29, 0.717) is 10.0 Å². The van der Waals surface area contributed by atoms with Crippen LogP contribution < -0.4 is 5.73 Å². The molecule has 0 aliphatic heterocycles. The molecular weight excluding hydrogens is 309 g/mol. The van der Waals surface area contributed by atoms with Gasteiger partial charge in [-0.1, -0.05) is 47.5 Å². The van der Waals surface area contributed by atoms with Gasteiger partial charge < -0.3 is 5.73 Å². The van der Waals surface area contributed by atoms with E-state index < -0.39 is 0 Å². The number of thioether (sulfide) groups is 1. The fourth-order valence-electron chi connectivity index (χ4n) is 2.06. The third-order valence-corrected chi connectivity index (χ3v) is 5.33.